The number of rotatable bonds is 56. The molecule has 0 aromatic heterocycles. The van der Waals surface area contributed by atoms with E-state index in [1.807, 2.05) is 0 Å². The standard InChI is InChI=1S/C66H116O6/c1-4-7-10-13-16-19-21-23-25-27-29-31-32-33-34-36-37-39-41-43-45-47-50-53-56-59-65(68)71-62-63(61-70-64(67)58-55-52-49-18-15-12-9-6-3)72-66(69)60-57-54-51-48-46-44-42-40-38-35-30-28-26-24-22-20-17-14-11-8-5-2/h8,11,17,20,24,26-27,29-30,35,40,42,63H,4-7,9-10,12-16,18-19,21-23,25,28,31-34,36-39,41,43-62H2,1-3H3/b11-8-,20-17-,26-24-,29-27-,35-30-,42-40-. The summed E-state index contributed by atoms with van der Waals surface area (Å²) in [6.45, 7) is 6.51. The van der Waals surface area contributed by atoms with Gasteiger partial charge in [-0.25, -0.2) is 0 Å². The van der Waals surface area contributed by atoms with Crippen LogP contribution >= 0.6 is 0 Å². The minimum atomic E-state index is -0.783. The van der Waals surface area contributed by atoms with Crippen molar-refractivity contribution in [2.24, 2.45) is 0 Å². The largest absolute Gasteiger partial charge is 0.462 e. The number of hydrogen-bond donors (Lipinski definition) is 0. The van der Waals surface area contributed by atoms with Crippen molar-refractivity contribution >= 4 is 17.9 Å². The molecule has 6 nitrogen and oxygen atoms in total. The second-order valence-corrected chi connectivity index (χ2v) is 20.6. The van der Waals surface area contributed by atoms with Gasteiger partial charge in [-0.2, -0.15) is 0 Å². The molecule has 0 heterocycles. The molecule has 0 aromatic rings. The Balaban J connectivity index is 4.20. The topological polar surface area (TPSA) is 78.9 Å². The van der Waals surface area contributed by atoms with E-state index in [9.17, 15) is 14.4 Å². The zero-order valence-corrected chi connectivity index (χ0v) is 47.7. The van der Waals surface area contributed by atoms with Crippen LogP contribution in [0.5, 0.6) is 0 Å². The maximum Gasteiger partial charge on any atom is 0.306 e. The van der Waals surface area contributed by atoms with Gasteiger partial charge >= 0.3 is 17.9 Å². The Hall–Kier alpha value is -3.15. The average Bonchev–Trinajstić information content (AvgIpc) is 3.38. The smallest absolute Gasteiger partial charge is 0.306 e. The van der Waals surface area contributed by atoms with E-state index in [0.717, 1.165) is 109 Å². The lowest BCUT2D eigenvalue weighted by Gasteiger charge is -2.18. The summed E-state index contributed by atoms with van der Waals surface area (Å²) in [6.07, 6.45) is 77.8. The number of carbonyl (C=O) groups excluding carboxylic acids is 3. The van der Waals surface area contributed by atoms with Crippen molar-refractivity contribution in [2.75, 3.05) is 13.2 Å². The number of unbranched alkanes of at least 4 members (excludes halogenated alkanes) is 33. The van der Waals surface area contributed by atoms with Gasteiger partial charge in [0.1, 0.15) is 13.2 Å². The van der Waals surface area contributed by atoms with Crippen LogP contribution in [0.2, 0.25) is 0 Å². The lowest BCUT2D eigenvalue weighted by atomic mass is 10.0. The van der Waals surface area contributed by atoms with E-state index in [0.29, 0.717) is 19.3 Å². The van der Waals surface area contributed by atoms with Crippen molar-refractivity contribution in [1.29, 1.82) is 0 Å². The summed E-state index contributed by atoms with van der Waals surface area (Å²) in [6, 6.07) is 0. The first-order chi connectivity index (χ1) is 35.5. The van der Waals surface area contributed by atoms with E-state index in [1.165, 1.54) is 161 Å². The monoisotopic (exact) mass is 1000 g/mol. The van der Waals surface area contributed by atoms with Gasteiger partial charge < -0.3 is 14.2 Å². The van der Waals surface area contributed by atoms with Crippen molar-refractivity contribution in [3.63, 3.8) is 0 Å². The molecule has 0 saturated heterocycles. The van der Waals surface area contributed by atoms with Crippen molar-refractivity contribution in [3.05, 3.63) is 72.9 Å². The molecule has 0 amide bonds. The molecule has 0 saturated carbocycles. The van der Waals surface area contributed by atoms with Crippen LogP contribution in [0.1, 0.15) is 310 Å². The van der Waals surface area contributed by atoms with Gasteiger partial charge in [0.15, 0.2) is 6.10 Å². The van der Waals surface area contributed by atoms with Crippen molar-refractivity contribution in [2.45, 2.75) is 316 Å². The van der Waals surface area contributed by atoms with Crippen LogP contribution in [0.4, 0.5) is 0 Å². The fourth-order valence-electron chi connectivity index (χ4n) is 8.82. The third-order valence-corrected chi connectivity index (χ3v) is 13.4. The first kappa shape index (κ1) is 68.8. The molecular formula is C66H116O6. The Bertz CT molecular complexity index is 1340. The average molecular weight is 1010 g/mol. The van der Waals surface area contributed by atoms with Crippen LogP contribution in [-0.4, -0.2) is 37.2 Å². The molecular weight excluding hydrogens is 889 g/mol. The molecule has 72 heavy (non-hydrogen) atoms. The summed E-state index contributed by atoms with van der Waals surface area (Å²) in [7, 11) is 0. The van der Waals surface area contributed by atoms with E-state index >= 15 is 0 Å². The molecule has 0 fully saturated rings. The van der Waals surface area contributed by atoms with Gasteiger partial charge in [0.05, 0.1) is 0 Å². The number of allylic oxidation sites excluding steroid dienone is 12. The van der Waals surface area contributed by atoms with Gasteiger partial charge in [-0.15, -0.1) is 0 Å². The molecule has 0 aliphatic rings. The molecule has 1 unspecified atom stereocenters. The molecule has 0 rings (SSSR count). The minimum Gasteiger partial charge on any atom is -0.462 e. The molecule has 0 spiro atoms. The SMILES string of the molecule is CC/C=C\C/C=C\C/C=C\C/C=C\C/C=C\CCCCCCCC(=O)OC(COC(=O)CCCCCCCCCC)COC(=O)CCCCCCCCCCCCCCC/C=C\CCCCCCCCCC. The highest BCUT2D eigenvalue weighted by Gasteiger charge is 2.19. The number of ether oxygens (including phenoxy) is 3. The summed E-state index contributed by atoms with van der Waals surface area (Å²) < 4.78 is 16.8. The van der Waals surface area contributed by atoms with Crippen LogP contribution in [0, 0.1) is 0 Å². The summed E-state index contributed by atoms with van der Waals surface area (Å²) in [5.41, 5.74) is 0. The van der Waals surface area contributed by atoms with E-state index < -0.39 is 6.10 Å². The molecule has 0 N–H and O–H groups in total. The maximum atomic E-state index is 12.8. The van der Waals surface area contributed by atoms with E-state index in [1.54, 1.807) is 0 Å². The van der Waals surface area contributed by atoms with Crippen LogP contribution in [0.3, 0.4) is 0 Å². The highest BCUT2D eigenvalue weighted by Crippen LogP contribution is 2.16. The number of esters is 3. The molecule has 1 atom stereocenters. The third-order valence-electron chi connectivity index (χ3n) is 13.4. The van der Waals surface area contributed by atoms with Gasteiger partial charge in [-0.3, -0.25) is 14.4 Å². The van der Waals surface area contributed by atoms with E-state index in [-0.39, 0.29) is 31.1 Å². The predicted molar refractivity (Wildman–Crippen MR) is 311 cm³/mol. The number of carbonyl (C=O) groups is 3. The lowest BCUT2D eigenvalue weighted by molar-refractivity contribution is -0.167. The van der Waals surface area contributed by atoms with Gasteiger partial charge in [0.25, 0.3) is 0 Å². The number of hydrogen-bond acceptors (Lipinski definition) is 6. The Morgan fingerprint density at radius 2 is 0.542 bits per heavy atom. The van der Waals surface area contributed by atoms with Crippen molar-refractivity contribution in [1.82, 2.24) is 0 Å². The fraction of sp³-hybridized carbons (Fsp3) is 0.773. The maximum absolute atomic E-state index is 12.8. The second-order valence-electron chi connectivity index (χ2n) is 20.6. The Morgan fingerprint density at radius 1 is 0.292 bits per heavy atom. The van der Waals surface area contributed by atoms with E-state index in [2.05, 4.69) is 93.7 Å². The second kappa shape index (κ2) is 60.4. The molecule has 6 heteroatoms. The van der Waals surface area contributed by atoms with Crippen molar-refractivity contribution < 1.29 is 28.6 Å². The fourth-order valence-corrected chi connectivity index (χ4v) is 8.82. The summed E-state index contributed by atoms with van der Waals surface area (Å²) in [5, 5.41) is 0. The Morgan fingerprint density at radius 3 is 0.861 bits per heavy atom. The van der Waals surface area contributed by atoms with Gasteiger partial charge in [-0.05, 0) is 89.9 Å². The quantitative estimate of drug-likeness (QED) is 0.0261. The van der Waals surface area contributed by atoms with E-state index in [4.69, 9.17) is 14.2 Å². The summed E-state index contributed by atoms with van der Waals surface area (Å²) in [5.74, 6) is -0.894. The lowest BCUT2D eigenvalue weighted by Crippen LogP contribution is -2.30. The molecule has 0 aromatic carbocycles. The van der Waals surface area contributed by atoms with Crippen LogP contribution in [-0.2, 0) is 28.6 Å². The Kier molecular flexibility index (Phi) is 57.8. The summed E-state index contributed by atoms with van der Waals surface area (Å²) in [4.78, 5) is 38.1. The third kappa shape index (κ3) is 57.7. The van der Waals surface area contributed by atoms with Crippen LogP contribution < -0.4 is 0 Å². The van der Waals surface area contributed by atoms with Gasteiger partial charge in [-0.1, -0.05) is 273 Å². The minimum absolute atomic E-state index is 0.0812. The molecule has 416 valence electrons. The van der Waals surface area contributed by atoms with Crippen LogP contribution in [0.25, 0.3) is 0 Å². The summed E-state index contributed by atoms with van der Waals surface area (Å²) >= 11 is 0. The predicted octanol–water partition coefficient (Wildman–Crippen LogP) is 20.9. The van der Waals surface area contributed by atoms with Gasteiger partial charge in [0.2, 0.25) is 0 Å². The normalized spacial score (nSPS) is 12.5. The highest BCUT2D eigenvalue weighted by atomic mass is 16.6. The highest BCUT2D eigenvalue weighted by molar-refractivity contribution is 5.71. The Labute approximate surface area is 446 Å². The van der Waals surface area contributed by atoms with Crippen molar-refractivity contribution in [3.8, 4) is 0 Å². The zero-order chi connectivity index (χ0) is 52.2. The molecule has 0 bridgehead atoms. The molecule has 0 aliphatic carbocycles. The molecule has 0 aliphatic heterocycles. The first-order valence-electron chi connectivity index (χ1n) is 30.9. The zero-order valence-electron chi connectivity index (χ0n) is 47.7. The molecule has 0 radical (unpaired) electrons. The first-order valence-corrected chi connectivity index (χ1v) is 30.9. The van der Waals surface area contributed by atoms with Gasteiger partial charge in [0, 0.05) is 19.3 Å². The van der Waals surface area contributed by atoms with Crippen LogP contribution in [0.15, 0.2) is 72.9 Å².